The highest BCUT2D eigenvalue weighted by molar-refractivity contribution is 7.14. The van der Waals surface area contributed by atoms with Crippen molar-refractivity contribution in [2.45, 2.75) is 13.3 Å². The molecule has 1 atom stereocenters. The molecule has 0 bridgehead atoms. The van der Waals surface area contributed by atoms with Crippen LogP contribution >= 0.6 is 22.9 Å². The molecule has 1 fully saturated rings. The van der Waals surface area contributed by atoms with E-state index >= 15 is 0 Å². The quantitative estimate of drug-likeness (QED) is 0.859. The molecule has 2 heterocycles. The summed E-state index contributed by atoms with van der Waals surface area (Å²) >= 11 is 7.24. The average Bonchev–Trinajstić information content (AvgIpc) is 2.73. The Kier molecular flexibility index (Phi) is 2.60. The van der Waals surface area contributed by atoms with Gasteiger partial charge in [0.25, 0.3) is 0 Å². The van der Waals surface area contributed by atoms with Gasteiger partial charge in [-0.1, -0.05) is 11.6 Å². The minimum Gasteiger partial charge on any atom is -0.369 e. The number of anilines is 1. The van der Waals surface area contributed by atoms with Crippen LogP contribution in [0.3, 0.4) is 0 Å². The number of aromatic nitrogens is 1. The maximum absolute atomic E-state index is 11.3. The number of hydrogen-bond acceptors (Lipinski definition) is 4. The lowest BCUT2D eigenvalue weighted by molar-refractivity contribution is -0.125. The Labute approximate surface area is 97.0 Å². The summed E-state index contributed by atoms with van der Waals surface area (Å²) < 4.78 is 0. The lowest BCUT2D eigenvalue weighted by atomic mass is 9.89. The summed E-state index contributed by atoms with van der Waals surface area (Å²) in [5.74, 6) is -0.243. The molecule has 1 aromatic heterocycles. The van der Waals surface area contributed by atoms with E-state index in [1.165, 1.54) is 11.3 Å². The highest BCUT2D eigenvalue weighted by atomic mass is 35.5. The summed E-state index contributed by atoms with van der Waals surface area (Å²) in [6, 6.07) is 0. The molecule has 2 N–H and O–H groups in total. The van der Waals surface area contributed by atoms with Crippen LogP contribution in [0.1, 0.15) is 13.3 Å². The molecule has 0 radical (unpaired) electrons. The van der Waals surface area contributed by atoms with Gasteiger partial charge in [0.05, 0.1) is 5.41 Å². The molecule has 1 amide bonds. The van der Waals surface area contributed by atoms with E-state index in [2.05, 4.69) is 9.88 Å². The lowest BCUT2D eigenvalue weighted by Crippen LogP contribution is -2.37. The maximum atomic E-state index is 11.3. The zero-order valence-corrected chi connectivity index (χ0v) is 9.94. The molecule has 0 aromatic carbocycles. The van der Waals surface area contributed by atoms with Gasteiger partial charge in [-0.25, -0.2) is 4.98 Å². The topological polar surface area (TPSA) is 59.2 Å². The highest BCUT2D eigenvalue weighted by Gasteiger charge is 2.39. The van der Waals surface area contributed by atoms with Gasteiger partial charge in [-0.2, -0.15) is 0 Å². The third-order valence-electron chi connectivity index (χ3n) is 2.80. The van der Waals surface area contributed by atoms with Gasteiger partial charge >= 0.3 is 0 Å². The molecule has 1 aliphatic heterocycles. The SMILES string of the molecule is CC1(C(N)=O)CCN(c2nc(Cl)cs2)C1. The van der Waals surface area contributed by atoms with Crippen LogP contribution in [0.25, 0.3) is 0 Å². The van der Waals surface area contributed by atoms with Crippen molar-refractivity contribution in [3.8, 4) is 0 Å². The zero-order valence-electron chi connectivity index (χ0n) is 8.36. The van der Waals surface area contributed by atoms with Gasteiger partial charge in [0.15, 0.2) is 5.13 Å². The van der Waals surface area contributed by atoms with Crippen molar-refractivity contribution in [3.63, 3.8) is 0 Å². The van der Waals surface area contributed by atoms with Crippen LogP contribution in [0.4, 0.5) is 5.13 Å². The number of thiazole rings is 1. The molecule has 6 heteroatoms. The minimum absolute atomic E-state index is 0.243. The first-order chi connectivity index (χ1) is 7.01. The zero-order chi connectivity index (χ0) is 11.1. The molecule has 0 saturated carbocycles. The Bertz CT molecular complexity index is 394. The molecule has 1 aromatic rings. The Morgan fingerprint density at radius 2 is 2.53 bits per heavy atom. The molecule has 0 spiro atoms. The molecule has 82 valence electrons. The van der Waals surface area contributed by atoms with Gasteiger partial charge in [0.2, 0.25) is 5.91 Å². The average molecular weight is 246 g/mol. The Morgan fingerprint density at radius 3 is 3.00 bits per heavy atom. The van der Waals surface area contributed by atoms with Crippen LogP contribution in [0.5, 0.6) is 0 Å². The van der Waals surface area contributed by atoms with Gasteiger partial charge in [-0.15, -0.1) is 11.3 Å². The number of primary amides is 1. The fourth-order valence-electron chi connectivity index (χ4n) is 1.72. The third-order valence-corrected chi connectivity index (χ3v) is 4.03. The van der Waals surface area contributed by atoms with Crippen LogP contribution in [0.2, 0.25) is 5.15 Å². The normalized spacial score (nSPS) is 25.9. The Morgan fingerprint density at radius 1 is 1.80 bits per heavy atom. The van der Waals surface area contributed by atoms with Crippen molar-refractivity contribution in [2.24, 2.45) is 11.1 Å². The van der Waals surface area contributed by atoms with Gasteiger partial charge in [0.1, 0.15) is 5.15 Å². The maximum Gasteiger partial charge on any atom is 0.225 e. The van der Waals surface area contributed by atoms with Gasteiger partial charge in [-0.05, 0) is 13.3 Å². The van der Waals surface area contributed by atoms with Crippen molar-refractivity contribution in [1.82, 2.24) is 4.98 Å². The van der Waals surface area contributed by atoms with Gasteiger partial charge < -0.3 is 10.6 Å². The van der Waals surface area contributed by atoms with E-state index in [9.17, 15) is 4.79 Å². The fourth-order valence-corrected chi connectivity index (χ4v) is 2.69. The van der Waals surface area contributed by atoms with E-state index in [1.54, 1.807) is 5.38 Å². The molecule has 0 aliphatic carbocycles. The number of carbonyl (C=O) groups is 1. The number of amides is 1. The number of rotatable bonds is 2. The van der Waals surface area contributed by atoms with E-state index < -0.39 is 5.41 Å². The van der Waals surface area contributed by atoms with E-state index in [4.69, 9.17) is 17.3 Å². The predicted octanol–water partition coefficient (Wildman–Crippen LogP) is 1.50. The van der Waals surface area contributed by atoms with Crippen molar-refractivity contribution in [1.29, 1.82) is 0 Å². The minimum atomic E-state index is -0.432. The fraction of sp³-hybridized carbons (Fsp3) is 0.556. The molecule has 2 rings (SSSR count). The monoisotopic (exact) mass is 245 g/mol. The van der Waals surface area contributed by atoms with Crippen molar-refractivity contribution >= 4 is 34.0 Å². The number of carbonyl (C=O) groups excluding carboxylic acids is 1. The van der Waals surface area contributed by atoms with E-state index in [-0.39, 0.29) is 5.91 Å². The van der Waals surface area contributed by atoms with Crippen LogP contribution in [0.15, 0.2) is 5.38 Å². The van der Waals surface area contributed by atoms with Crippen molar-refractivity contribution in [3.05, 3.63) is 10.5 Å². The number of hydrogen-bond donors (Lipinski definition) is 1. The number of nitrogens with two attached hydrogens (primary N) is 1. The molecular weight excluding hydrogens is 234 g/mol. The smallest absolute Gasteiger partial charge is 0.225 e. The van der Waals surface area contributed by atoms with Crippen LogP contribution < -0.4 is 10.6 Å². The lowest BCUT2D eigenvalue weighted by Gasteiger charge is -2.20. The summed E-state index contributed by atoms with van der Waals surface area (Å²) in [5.41, 5.74) is 4.94. The summed E-state index contributed by atoms with van der Waals surface area (Å²) in [4.78, 5) is 17.5. The second kappa shape index (κ2) is 3.64. The second-order valence-corrected chi connectivity index (χ2v) is 5.27. The molecule has 1 unspecified atom stereocenters. The molecule has 15 heavy (non-hydrogen) atoms. The highest BCUT2D eigenvalue weighted by Crippen LogP contribution is 2.34. The number of nitrogens with zero attached hydrogens (tertiary/aromatic N) is 2. The first kappa shape index (κ1) is 10.7. The molecule has 4 nitrogen and oxygen atoms in total. The van der Waals surface area contributed by atoms with Gasteiger partial charge in [0, 0.05) is 18.5 Å². The van der Waals surface area contributed by atoms with Crippen molar-refractivity contribution in [2.75, 3.05) is 18.0 Å². The Hall–Kier alpha value is -0.810. The molecule has 1 saturated heterocycles. The molecular formula is C9H12ClN3OS. The molecule has 1 aliphatic rings. The summed E-state index contributed by atoms with van der Waals surface area (Å²) in [7, 11) is 0. The van der Waals surface area contributed by atoms with E-state index in [0.29, 0.717) is 11.7 Å². The van der Waals surface area contributed by atoms with Gasteiger partial charge in [-0.3, -0.25) is 4.79 Å². The van der Waals surface area contributed by atoms with Crippen LogP contribution in [-0.4, -0.2) is 24.0 Å². The third kappa shape index (κ3) is 1.94. The summed E-state index contributed by atoms with van der Waals surface area (Å²) in [6.07, 6.45) is 0.777. The largest absolute Gasteiger partial charge is 0.369 e. The summed E-state index contributed by atoms with van der Waals surface area (Å²) in [5, 5.41) is 3.16. The van der Waals surface area contributed by atoms with Crippen molar-refractivity contribution < 1.29 is 4.79 Å². The summed E-state index contributed by atoms with van der Waals surface area (Å²) in [6.45, 7) is 3.33. The predicted molar refractivity (Wildman–Crippen MR) is 61.3 cm³/mol. The second-order valence-electron chi connectivity index (χ2n) is 4.05. The van der Waals surface area contributed by atoms with Crippen LogP contribution in [0, 0.1) is 5.41 Å². The number of halogens is 1. The standard InChI is InChI=1S/C9H12ClN3OS/c1-9(7(11)14)2-3-13(5-9)8-12-6(10)4-15-8/h4H,2-3,5H2,1H3,(H2,11,14). The van der Waals surface area contributed by atoms with Crippen LogP contribution in [-0.2, 0) is 4.79 Å². The first-order valence-corrected chi connectivity index (χ1v) is 5.93. The van der Waals surface area contributed by atoms with E-state index in [1.807, 2.05) is 6.92 Å². The van der Waals surface area contributed by atoms with E-state index in [0.717, 1.165) is 18.1 Å². The first-order valence-electron chi connectivity index (χ1n) is 4.67. The Balaban J connectivity index is 2.14.